The monoisotopic (exact) mass is 390 g/mol. The summed E-state index contributed by atoms with van der Waals surface area (Å²) in [6.07, 6.45) is 0.517. The lowest BCUT2D eigenvalue weighted by atomic mass is 9.94. The number of esters is 2. The van der Waals surface area contributed by atoms with Crippen LogP contribution in [0.5, 0.6) is 0 Å². The van der Waals surface area contributed by atoms with Crippen LogP contribution in [-0.4, -0.2) is 59.6 Å². The molecule has 0 bridgehead atoms. The van der Waals surface area contributed by atoms with Crippen molar-refractivity contribution >= 4 is 18.0 Å². The maximum absolute atomic E-state index is 13.2. The van der Waals surface area contributed by atoms with E-state index in [1.807, 2.05) is 52.0 Å². The zero-order valence-electron chi connectivity index (χ0n) is 17.4. The molecule has 154 valence electrons. The number of nitrogens with zero attached hydrogens (tertiary/aromatic N) is 2. The van der Waals surface area contributed by atoms with Gasteiger partial charge in [0.05, 0.1) is 13.5 Å². The van der Waals surface area contributed by atoms with E-state index in [0.717, 1.165) is 11.1 Å². The number of rotatable bonds is 5. The third-order valence-corrected chi connectivity index (χ3v) is 4.64. The van der Waals surface area contributed by atoms with Gasteiger partial charge in [-0.25, -0.2) is 9.59 Å². The topological polar surface area (TPSA) is 76.2 Å². The number of ether oxygens (including phenoxy) is 2. The number of hydrogen-bond acceptors (Lipinski definition) is 5. The highest BCUT2D eigenvalue weighted by Gasteiger charge is 2.38. The molecule has 2 amide bonds. The predicted octanol–water partition coefficient (Wildman–Crippen LogP) is 2.76. The Hall–Kier alpha value is -2.57. The minimum absolute atomic E-state index is 0.109. The van der Waals surface area contributed by atoms with E-state index in [0.29, 0.717) is 19.5 Å². The lowest BCUT2D eigenvalue weighted by Gasteiger charge is -2.39. The highest BCUT2D eigenvalue weighted by molar-refractivity contribution is 5.85. The first-order chi connectivity index (χ1) is 13.2. The normalized spacial score (nSPS) is 16.2. The Morgan fingerprint density at radius 1 is 1.18 bits per heavy atom. The molecule has 1 aromatic carbocycles. The lowest BCUT2D eigenvalue weighted by molar-refractivity contribution is -0.161. The summed E-state index contributed by atoms with van der Waals surface area (Å²) >= 11 is 0. The Morgan fingerprint density at radius 2 is 1.82 bits per heavy atom. The predicted molar refractivity (Wildman–Crippen MR) is 105 cm³/mol. The second-order valence-electron chi connectivity index (χ2n) is 7.84. The summed E-state index contributed by atoms with van der Waals surface area (Å²) in [4.78, 5) is 40.7. The van der Waals surface area contributed by atoms with E-state index in [-0.39, 0.29) is 25.0 Å². The highest BCUT2D eigenvalue weighted by atomic mass is 16.6. The molecule has 0 saturated carbocycles. The molecule has 0 saturated heterocycles. The van der Waals surface area contributed by atoms with E-state index >= 15 is 0 Å². The smallest absolute Gasteiger partial charge is 0.329 e. The molecule has 0 fully saturated rings. The number of urea groups is 1. The van der Waals surface area contributed by atoms with E-state index < -0.39 is 17.6 Å². The lowest BCUT2D eigenvalue weighted by Crippen LogP contribution is -2.54. The van der Waals surface area contributed by atoms with Crippen LogP contribution in [0.25, 0.3) is 0 Å². The third kappa shape index (κ3) is 5.47. The van der Waals surface area contributed by atoms with Crippen molar-refractivity contribution in [3.05, 3.63) is 35.4 Å². The quantitative estimate of drug-likeness (QED) is 0.723. The summed E-state index contributed by atoms with van der Waals surface area (Å²) in [6.45, 7) is 8.26. The van der Waals surface area contributed by atoms with Gasteiger partial charge in [0, 0.05) is 26.1 Å². The van der Waals surface area contributed by atoms with Gasteiger partial charge >= 0.3 is 18.0 Å². The van der Waals surface area contributed by atoms with E-state index in [4.69, 9.17) is 4.74 Å². The highest BCUT2D eigenvalue weighted by Crippen LogP contribution is 2.26. The molecular formula is C21H30N2O5. The van der Waals surface area contributed by atoms with Gasteiger partial charge in [-0.2, -0.15) is 0 Å². The maximum atomic E-state index is 13.2. The summed E-state index contributed by atoms with van der Waals surface area (Å²) in [5.74, 6) is -0.793. The summed E-state index contributed by atoms with van der Waals surface area (Å²) in [5, 5.41) is 0. The second kappa shape index (κ2) is 9.08. The molecule has 0 aromatic heterocycles. The Balaban J connectivity index is 2.26. The van der Waals surface area contributed by atoms with Gasteiger partial charge < -0.3 is 19.3 Å². The van der Waals surface area contributed by atoms with E-state index in [1.165, 1.54) is 7.11 Å². The molecule has 0 N–H and O–H groups in total. The van der Waals surface area contributed by atoms with Crippen LogP contribution in [0.3, 0.4) is 0 Å². The number of amides is 2. The molecule has 2 rings (SSSR count). The van der Waals surface area contributed by atoms with Gasteiger partial charge in [-0.15, -0.1) is 0 Å². The van der Waals surface area contributed by atoms with Crippen molar-refractivity contribution in [2.75, 3.05) is 20.2 Å². The zero-order valence-corrected chi connectivity index (χ0v) is 17.4. The molecule has 7 heteroatoms. The van der Waals surface area contributed by atoms with Crippen LogP contribution in [0.2, 0.25) is 0 Å². The van der Waals surface area contributed by atoms with Gasteiger partial charge in [0.25, 0.3) is 0 Å². The van der Waals surface area contributed by atoms with Crippen molar-refractivity contribution in [2.45, 2.75) is 58.7 Å². The first-order valence-electron chi connectivity index (χ1n) is 9.58. The Morgan fingerprint density at radius 3 is 2.39 bits per heavy atom. The number of benzene rings is 1. The van der Waals surface area contributed by atoms with Crippen molar-refractivity contribution in [2.24, 2.45) is 0 Å². The maximum Gasteiger partial charge on any atom is 0.329 e. The standard InChI is InChI=1S/C21H30N2O5/c1-6-22(12-11-18(24)27-5)20(26)23-14-16-10-8-7-9-15(16)13-17(23)19(25)28-21(2,3)4/h7-10,17H,6,11-14H2,1-5H3/t17-/m0/s1. The van der Waals surface area contributed by atoms with Crippen LogP contribution in [0.1, 0.15) is 45.2 Å². The summed E-state index contributed by atoms with van der Waals surface area (Å²) < 4.78 is 10.2. The first kappa shape index (κ1) is 21.7. The first-order valence-corrected chi connectivity index (χ1v) is 9.58. The largest absolute Gasteiger partial charge is 0.469 e. The Labute approximate surface area is 166 Å². The Bertz CT molecular complexity index is 726. The fourth-order valence-electron chi connectivity index (χ4n) is 3.20. The molecule has 28 heavy (non-hydrogen) atoms. The molecule has 0 unspecified atom stereocenters. The van der Waals surface area contributed by atoms with Crippen molar-refractivity contribution in [1.29, 1.82) is 0 Å². The molecule has 0 spiro atoms. The number of methoxy groups -OCH3 is 1. The van der Waals surface area contributed by atoms with Crippen molar-refractivity contribution < 1.29 is 23.9 Å². The van der Waals surface area contributed by atoms with Gasteiger partial charge in [0.15, 0.2) is 0 Å². The van der Waals surface area contributed by atoms with Crippen molar-refractivity contribution in [1.82, 2.24) is 9.80 Å². The number of hydrogen-bond donors (Lipinski definition) is 0. The van der Waals surface area contributed by atoms with Crippen LogP contribution >= 0.6 is 0 Å². The van der Waals surface area contributed by atoms with E-state index in [9.17, 15) is 14.4 Å². The van der Waals surface area contributed by atoms with Crippen LogP contribution in [0, 0.1) is 0 Å². The third-order valence-electron chi connectivity index (χ3n) is 4.64. The van der Waals surface area contributed by atoms with Gasteiger partial charge in [-0.3, -0.25) is 4.79 Å². The number of carbonyl (C=O) groups is 3. The summed E-state index contributed by atoms with van der Waals surface area (Å²) in [5.41, 5.74) is 1.41. The van der Waals surface area contributed by atoms with Crippen molar-refractivity contribution in [3.8, 4) is 0 Å². The minimum atomic E-state index is -0.700. The van der Waals surface area contributed by atoms with Crippen LogP contribution in [-0.2, 0) is 32.0 Å². The summed E-state index contributed by atoms with van der Waals surface area (Å²) in [7, 11) is 1.32. The molecule has 1 aliphatic rings. The average Bonchev–Trinajstić information content (AvgIpc) is 2.65. The molecule has 7 nitrogen and oxygen atoms in total. The number of carbonyl (C=O) groups excluding carboxylic acids is 3. The fraction of sp³-hybridized carbons (Fsp3) is 0.571. The van der Waals surface area contributed by atoms with Crippen LogP contribution in [0.15, 0.2) is 24.3 Å². The Kier molecular flexibility index (Phi) is 7.05. The van der Waals surface area contributed by atoms with Crippen molar-refractivity contribution in [3.63, 3.8) is 0 Å². The van der Waals surface area contributed by atoms with Gasteiger partial charge in [-0.1, -0.05) is 24.3 Å². The minimum Gasteiger partial charge on any atom is -0.469 e. The molecule has 1 heterocycles. The fourth-order valence-corrected chi connectivity index (χ4v) is 3.20. The van der Waals surface area contributed by atoms with Crippen LogP contribution in [0.4, 0.5) is 4.79 Å². The molecular weight excluding hydrogens is 360 g/mol. The molecule has 1 atom stereocenters. The molecule has 1 aromatic rings. The van der Waals surface area contributed by atoms with Gasteiger partial charge in [-0.05, 0) is 38.8 Å². The summed E-state index contributed by atoms with van der Waals surface area (Å²) in [6, 6.07) is 6.81. The second-order valence-corrected chi connectivity index (χ2v) is 7.84. The van der Waals surface area contributed by atoms with E-state index in [2.05, 4.69) is 4.74 Å². The van der Waals surface area contributed by atoms with E-state index in [1.54, 1.807) is 9.80 Å². The number of fused-ring (bicyclic) bond motifs is 1. The zero-order chi connectivity index (χ0) is 20.9. The van der Waals surface area contributed by atoms with Gasteiger partial charge in [0.2, 0.25) is 0 Å². The average molecular weight is 390 g/mol. The molecule has 0 radical (unpaired) electrons. The molecule has 0 aliphatic carbocycles. The van der Waals surface area contributed by atoms with Gasteiger partial charge in [0.1, 0.15) is 11.6 Å². The van der Waals surface area contributed by atoms with Crippen LogP contribution < -0.4 is 0 Å². The SMILES string of the molecule is CCN(CCC(=O)OC)C(=O)N1Cc2ccccc2C[C@H]1C(=O)OC(C)(C)C. The molecule has 1 aliphatic heterocycles.